The fourth-order valence-electron chi connectivity index (χ4n) is 1.86. The first kappa shape index (κ1) is 15.9. The van der Waals surface area contributed by atoms with Gasteiger partial charge in [-0.1, -0.05) is 37.7 Å². The Balaban J connectivity index is 3.00. The van der Waals surface area contributed by atoms with Crippen molar-refractivity contribution in [2.45, 2.75) is 26.7 Å². The maximum atomic E-state index is 13.0. The summed E-state index contributed by atoms with van der Waals surface area (Å²) in [7, 11) is 0. The molecule has 0 spiro atoms. The van der Waals surface area contributed by atoms with Gasteiger partial charge in [0.2, 0.25) is 5.91 Å². The van der Waals surface area contributed by atoms with Crippen molar-refractivity contribution in [2.75, 3.05) is 5.32 Å². The molecule has 0 fully saturated rings. The Morgan fingerprint density at radius 2 is 2.05 bits per heavy atom. The van der Waals surface area contributed by atoms with Gasteiger partial charge in [0.05, 0.1) is 15.4 Å². The molecule has 0 aliphatic heterocycles. The molecule has 0 saturated heterocycles. The monoisotopic (exact) mass is 302 g/mol. The fourth-order valence-corrected chi connectivity index (χ4v) is 2.42. The normalized spacial score (nSPS) is 11.2. The van der Waals surface area contributed by atoms with E-state index < -0.39 is 11.2 Å². The molecule has 3 nitrogen and oxygen atoms in total. The minimum absolute atomic E-state index is 0.0493. The molecule has 1 rings (SSSR count). The van der Waals surface area contributed by atoms with E-state index in [1.165, 1.54) is 18.2 Å². The number of anilines is 1. The van der Waals surface area contributed by atoms with Crippen LogP contribution in [0.2, 0.25) is 5.02 Å². The zero-order valence-corrected chi connectivity index (χ0v) is 12.4. The van der Waals surface area contributed by atoms with Crippen molar-refractivity contribution >= 4 is 40.4 Å². The largest absolute Gasteiger partial charge is 0.392 e. The van der Waals surface area contributed by atoms with E-state index >= 15 is 0 Å². The quantitative estimate of drug-likeness (QED) is 0.818. The molecule has 1 aromatic carbocycles. The van der Waals surface area contributed by atoms with Crippen LogP contribution in [0.25, 0.3) is 0 Å². The first-order valence-corrected chi connectivity index (χ1v) is 6.72. The number of thiocarbonyl (C=S) groups is 1. The lowest BCUT2D eigenvalue weighted by Gasteiger charge is -2.28. The molecular formula is C13H16ClFN2OS. The van der Waals surface area contributed by atoms with E-state index in [-0.39, 0.29) is 15.9 Å². The predicted molar refractivity (Wildman–Crippen MR) is 79.8 cm³/mol. The molecule has 0 aliphatic rings. The topological polar surface area (TPSA) is 55.1 Å². The van der Waals surface area contributed by atoms with E-state index in [2.05, 4.69) is 5.32 Å². The summed E-state index contributed by atoms with van der Waals surface area (Å²) in [5, 5.41) is 2.63. The third-order valence-corrected chi connectivity index (χ3v) is 3.97. The van der Waals surface area contributed by atoms with Crippen LogP contribution >= 0.6 is 23.8 Å². The Hall–Kier alpha value is -1.20. The SMILES string of the molecule is CCC(CC)(C(=O)Nc1ccc(F)c(Cl)c1)C(N)=S. The van der Waals surface area contributed by atoms with Crippen LogP contribution in [0.4, 0.5) is 10.1 Å². The molecule has 0 unspecified atom stereocenters. The number of hydrogen-bond donors (Lipinski definition) is 2. The van der Waals surface area contributed by atoms with Crippen LogP contribution in [0.1, 0.15) is 26.7 Å². The molecule has 1 aromatic rings. The third kappa shape index (κ3) is 3.22. The fraction of sp³-hybridized carbons (Fsp3) is 0.385. The van der Waals surface area contributed by atoms with Crippen LogP contribution in [-0.2, 0) is 4.79 Å². The first-order chi connectivity index (χ1) is 8.87. The van der Waals surface area contributed by atoms with Crippen LogP contribution in [0.15, 0.2) is 18.2 Å². The molecule has 1 amide bonds. The highest BCUT2D eigenvalue weighted by Crippen LogP contribution is 2.29. The van der Waals surface area contributed by atoms with Gasteiger partial charge >= 0.3 is 0 Å². The van der Waals surface area contributed by atoms with E-state index in [0.29, 0.717) is 18.5 Å². The van der Waals surface area contributed by atoms with E-state index in [9.17, 15) is 9.18 Å². The summed E-state index contributed by atoms with van der Waals surface area (Å²) in [6.45, 7) is 3.69. The molecule has 19 heavy (non-hydrogen) atoms. The number of halogens is 2. The van der Waals surface area contributed by atoms with Gasteiger partial charge in [0.25, 0.3) is 0 Å². The number of amides is 1. The zero-order valence-electron chi connectivity index (χ0n) is 10.8. The van der Waals surface area contributed by atoms with Crippen LogP contribution in [-0.4, -0.2) is 10.9 Å². The molecule has 0 heterocycles. The lowest BCUT2D eigenvalue weighted by Crippen LogP contribution is -2.45. The van der Waals surface area contributed by atoms with Crippen LogP contribution in [0.3, 0.4) is 0 Å². The maximum Gasteiger partial charge on any atom is 0.237 e. The Labute approximate surface area is 122 Å². The van der Waals surface area contributed by atoms with Crippen molar-refractivity contribution < 1.29 is 9.18 Å². The molecule has 0 atom stereocenters. The van der Waals surface area contributed by atoms with Crippen molar-refractivity contribution in [1.29, 1.82) is 0 Å². The highest BCUT2D eigenvalue weighted by molar-refractivity contribution is 7.80. The number of rotatable bonds is 5. The average Bonchev–Trinajstić information content (AvgIpc) is 2.35. The molecule has 6 heteroatoms. The van der Waals surface area contributed by atoms with E-state index in [1.54, 1.807) is 0 Å². The second-order valence-corrected chi connectivity index (χ2v) is 5.08. The van der Waals surface area contributed by atoms with Crippen molar-refractivity contribution in [3.63, 3.8) is 0 Å². The molecule has 0 bridgehead atoms. The number of nitrogens with one attached hydrogen (secondary N) is 1. The average molecular weight is 303 g/mol. The van der Waals surface area contributed by atoms with Gasteiger partial charge in [0, 0.05) is 5.69 Å². The number of nitrogens with two attached hydrogens (primary N) is 1. The van der Waals surface area contributed by atoms with Gasteiger partial charge < -0.3 is 11.1 Å². The molecule has 3 N–H and O–H groups in total. The molecule has 0 aliphatic carbocycles. The lowest BCUT2D eigenvalue weighted by atomic mass is 9.81. The van der Waals surface area contributed by atoms with Crippen LogP contribution in [0.5, 0.6) is 0 Å². The first-order valence-electron chi connectivity index (χ1n) is 5.93. The second-order valence-electron chi connectivity index (χ2n) is 4.24. The molecular weight excluding hydrogens is 287 g/mol. The van der Waals surface area contributed by atoms with Gasteiger partial charge in [-0.25, -0.2) is 4.39 Å². The summed E-state index contributed by atoms with van der Waals surface area (Å²) in [5.41, 5.74) is 5.21. The second kappa shape index (κ2) is 6.30. The Kier molecular flexibility index (Phi) is 5.26. The molecule has 0 aromatic heterocycles. The van der Waals surface area contributed by atoms with Crippen molar-refractivity contribution in [1.82, 2.24) is 0 Å². The number of hydrogen-bond acceptors (Lipinski definition) is 2. The van der Waals surface area contributed by atoms with Crippen LogP contribution < -0.4 is 11.1 Å². The highest BCUT2D eigenvalue weighted by Gasteiger charge is 2.38. The minimum atomic E-state index is -0.893. The minimum Gasteiger partial charge on any atom is -0.392 e. The van der Waals surface area contributed by atoms with E-state index in [1.807, 2.05) is 13.8 Å². The molecule has 0 radical (unpaired) electrons. The van der Waals surface area contributed by atoms with Crippen molar-refractivity contribution in [3.05, 3.63) is 29.0 Å². The number of carbonyl (C=O) groups excluding carboxylic acids is 1. The summed E-state index contributed by atoms with van der Waals surface area (Å²) >= 11 is 10.7. The summed E-state index contributed by atoms with van der Waals surface area (Å²) in [4.78, 5) is 12.5. The summed E-state index contributed by atoms with van der Waals surface area (Å²) in [6, 6.07) is 3.98. The summed E-state index contributed by atoms with van der Waals surface area (Å²) in [5.74, 6) is -0.834. The smallest absolute Gasteiger partial charge is 0.237 e. The Morgan fingerprint density at radius 1 is 1.47 bits per heavy atom. The van der Waals surface area contributed by atoms with Gasteiger partial charge in [-0.05, 0) is 31.0 Å². The highest BCUT2D eigenvalue weighted by atomic mass is 35.5. The van der Waals surface area contributed by atoms with E-state index in [4.69, 9.17) is 29.6 Å². The number of carbonyl (C=O) groups is 1. The van der Waals surface area contributed by atoms with Crippen LogP contribution in [0, 0.1) is 11.2 Å². The lowest BCUT2D eigenvalue weighted by molar-refractivity contribution is -0.122. The van der Waals surface area contributed by atoms with Gasteiger partial charge in [0.1, 0.15) is 5.82 Å². The van der Waals surface area contributed by atoms with Gasteiger partial charge in [-0.2, -0.15) is 0 Å². The third-order valence-electron chi connectivity index (χ3n) is 3.29. The number of benzene rings is 1. The van der Waals surface area contributed by atoms with Gasteiger partial charge in [-0.3, -0.25) is 4.79 Å². The van der Waals surface area contributed by atoms with Gasteiger partial charge in [-0.15, -0.1) is 0 Å². The van der Waals surface area contributed by atoms with E-state index in [0.717, 1.165) is 0 Å². The summed E-state index contributed by atoms with van der Waals surface area (Å²) in [6.07, 6.45) is 0.999. The van der Waals surface area contributed by atoms with Crippen molar-refractivity contribution in [3.8, 4) is 0 Å². The standard InChI is InChI=1S/C13H16ClFN2OS/c1-3-13(4-2,11(16)19)12(18)17-8-5-6-10(15)9(14)7-8/h5-7H,3-4H2,1-2H3,(H2,16,19)(H,17,18). The summed E-state index contributed by atoms with van der Waals surface area (Å²) < 4.78 is 13.0. The maximum absolute atomic E-state index is 13.0. The zero-order chi connectivity index (χ0) is 14.6. The Morgan fingerprint density at radius 3 is 2.47 bits per heavy atom. The predicted octanol–water partition coefficient (Wildman–Crippen LogP) is 3.51. The van der Waals surface area contributed by atoms with Gasteiger partial charge in [0.15, 0.2) is 0 Å². The Bertz CT molecular complexity index is 503. The van der Waals surface area contributed by atoms with Crippen molar-refractivity contribution in [2.24, 2.45) is 11.1 Å². The molecule has 104 valence electrons. The molecule has 0 saturated carbocycles.